The average Bonchev–Trinajstić information content (AvgIpc) is 2.23. The average molecular weight is 250 g/mol. The minimum absolute atomic E-state index is 0.352. The molecule has 0 aliphatic heterocycles. The Hall–Kier alpha value is -1.27. The molecule has 1 rings (SSSR count). The van der Waals surface area contributed by atoms with Gasteiger partial charge in [-0.3, -0.25) is 0 Å². The molecule has 96 valence electrons. The van der Waals surface area contributed by atoms with Crippen molar-refractivity contribution < 1.29 is 27.8 Å². The lowest BCUT2D eigenvalue weighted by Crippen LogP contribution is -2.19. The number of alkyl halides is 3. The molecule has 1 atom stereocenters. The fourth-order valence-electron chi connectivity index (χ4n) is 1.13. The molecule has 1 aromatic carbocycles. The number of aliphatic hydroxyl groups excluding tert-OH is 1. The third-order valence-corrected chi connectivity index (χ3v) is 1.92. The topological polar surface area (TPSA) is 38.7 Å². The largest absolute Gasteiger partial charge is 0.468 e. The Morgan fingerprint density at radius 1 is 1.35 bits per heavy atom. The second kappa shape index (κ2) is 5.88. The van der Waals surface area contributed by atoms with Crippen molar-refractivity contribution in [3.8, 4) is 5.75 Å². The molecule has 0 unspecified atom stereocenters. The van der Waals surface area contributed by atoms with Gasteiger partial charge < -0.3 is 14.6 Å². The van der Waals surface area contributed by atoms with Crippen LogP contribution >= 0.6 is 0 Å². The number of rotatable bonds is 5. The zero-order valence-electron chi connectivity index (χ0n) is 9.20. The SMILES string of the molecule is C[C@@H](O)c1cccc(OCOCC(F)(F)F)c1. The number of halogens is 3. The van der Waals surface area contributed by atoms with Gasteiger partial charge in [0.15, 0.2) is 6.79 Å². The maximum atomic E-state index is 11.7. The Morgan fingerprint density at radius 2 is 2.06 bits per heavy atom. The molecule has 0 aliphatic rings. The second-order valence-corrected chi connectivity index (χ2v) is 3.47. The van der Waals surface area contributed by atoms with Gasteiger partial charge >= 0.3 is 6.18 Å². The van der Waals surface area contributed by atoms with Crippen LogP contribution in [0.1, 0.15) is 18.6 Å². The minimum Gasteiger partial charge on any atom is -0.468 e. The fourth-order valence-corrected chi connectivity index (χ4v) is 1.13. The van der Waals surface area contributed by atoms with E-state index in [1.807, 2.05) is 0 Å². The molecule has 0 radical (unpaired) electrons. The van der Waals surface area contributed by atoms with E-state index in [2.05, 4.69) is 4.74 Å². The monoisotopic (exact) mass is 250 g/mol. The van der Waals surface area contributed by atoms with E-state index in [0.717, 1.165) is 0 Å². The van der Waals surface area contributed by atoms with Gasteiger partial charge in [-0.2, -0.15) is 13.2 Å². The van der Waals surface area contributed by atoms with Gasteiger partial charge in [-0.25, -0.2) is 0 Å². The van der Waals surface area contributed by atoms with Crippen molar-refractivity contribution in [1.29, 1.82) is 0 Å². The van der Waals surface area contributed by atoms with E-state index in [1.54, 1.807) is 31.2 Å². The zero-order valence-corrected chi connectivity index (χ0v) is 9.20. The molecular weight excluding hydrogens is 237 g/mol. The number of aliphatic hydroxyl groups is 1. The number of hydrogen-bond donors (Lipinski definition) is 1. The van der Waals surface area contributed by atoms with Gasteiger partial charge in [-0.05, 0) is 24.6 Å². The summed E-state index contributed by atoms with van der Waals surface area (Å²) < 4.78 is 44.5. The molecule has 0 heterocycles. The third kappa shape index (κ3) is 5.55. The Bertz CT molecular complexity index is 350. The summed E-state index contributed by atoms with van der Waals surface area (Å²) >= 11 is 0. The highest BCUT2D eigenvalue weighted by Crippen LogP contribution is 2.19. The first-order chi connectivity index (χ1) is 7.88. The summed E-state index contributed by atoms with van der Waals surface area (Å²) in [5, 5.41) is 9.29. The molecule has 17 heavy (non-hydrogen) atoms. The smallest absolute Gasteiger partial charge is 0.411 e. The first-order valence-electron chi connectivity index (χ1n) is 4.94. The van der Waals surface area contributed by atoms with E-state index >= 15 is 0 Å². The minimum atomic E-state index is -4.36. The van der Waals surface area contributed by atoms with E-state index in [-0.39, 0.29) is 0 Å². The van der Waals surface area contributed by atoms with E-state index < -0.39 is 25.7 Å². The number of ether oxygens (including phenoxy) is 2. The predicted octanol–water partition coefficient (Wildman–Crippen LogP) is 2.66. The van der Waals surface area contributed by atoms with Crippen LogP contribution in [-0.2, 0) is 4.74 Å². The molecule has 1 aromatic rings. The first-order valence-corrected chi connectivity index (χ1v) is 4.94. The molecule has 0 spiro atoms. The molecule has 0 saturated heterocycles. The summed E-state index contributed by atoms with van der Waals surface area (Å²) in [4.78, 5) is 0. The Labute approximate surface area is 96.8 Å². The molecular formula is C11H13F3O3. The molecule has 0 aromatic heterocycles. The lowest BCUT2D eigenvalue weighted by molar-refractivity contribution is -0.186. The van der Waals surface area contributed by atoms with Crippen molar-refractivity contribution in [2.45, 2.75) is 19.2 Å². The Kier molecular flexibility index (Phi) is 4.77. The normalized spacial score (nSPS) is 13.5. The van der Waals surface area contributed by atoms with Gasteiger partial charge in [-0.15, -0.1) is 0 Å². The summed E-state index contributed by atoms with van der Waals surface area (Å²) in [6.07, 6.45) is -5.01. The van der Waals surface area contributed by atoms with Crippen LogP contribution in [0.3, 0.4) is 0 Å². The Balaban J connectivity index is 2.39. The van der Waals surface area contributed by atoms with Crippen LogP contribution in [0.15, 0.2) is 24.3 Å². The van der Waals surface area contributed by atoms with Crippen molar-refractivity contribution in [3.63, 3.8) is 0 Å². The van der Waals surface area contributed by atoms with Crippen molar-refractivity contribution >= 4 is 0 Å². The van der Waals surface area contributed by atoms with Gasteiger partial charge in [0.2, 0.25) is 0 Å². The second-order valence-electron chi connectivity index (χ2n) is 3.47. The quantitative estimate of drug-likeness (QED) is 0.645. The van der Waals surface area contributed by atoms with Crippen LogP contribution < -0.4 is 4.74 Å². The molecule has 0 bridgehead atoms. The molecule has 0 saturated carbocycles. The van der Waals surface area contributed by atoms with Crippen LogP contribution in [0.5, 0.6) is 5.75 Å². The highest BCUT2D eigenvalue weighted by molar-refractivity contribution is 5.29. The van der Waals surface area contributed by atoms with E-state index in [1.165, 1.54) is 0 Å². The van der Waals surface area contributed by atoms with E-state index in [9.17, 15) is 18.3 Å². The van der Waals surface area contributed by atoms with Crippen LogP contribution in [0.4, 0.5) is 13.2 Å². The number of hydrogen-bond acceptors (Lipinski definition) is 3. The fraction of sp³-hybridized carbons (Fsp3) is 0.455. The van der Waals surface area contributed by atoms with Crippen LogP contribution in [-0.4, -0.2) is 24.7 Å². The van der Waals surface area contributed by atoms with Gasteiger partial charge in [0.25, 0.3) is 0 Å². The van der Waals surface area contributed by atoms with Crippen molar-refractivity contribution in [3.05, 3.63) is 29.8 Å². The van der Waals surface area contributed by atoms with E-state index in [4.69, 9.17) is 4.74 Å². The molecule has 0 aliphatic carbocycles. The zero-order chi connectivity index (χ0) is 12.9. The van der Waals surface area contributed by atoms with Crippen LogP contribution in [0.2, 0.25) is 0 Å². The molecule has 1 N–H and O–H groups in total. The van der Waals surface area contributed by atoms with Crippen molar-refractivity contribution in [2.24, 2.45) is 0 Å². The summed E-state index contributed by atoms with van der Waals surface area (Å²) in [5.74, 6) is 0.352. The van der Waals surface area contributed by atoms with Crippen molar-refractivity contribution in [1.82, 2.24) is 0 Å². The molecule has 0 fully saturated rings. The molecule has 6 heteroatoms. The number of benzene rings is 1. The van der Waals surface area contributed by atoms with Gasteiger partial charge in [0.05, 0.1) is 6.10 Å². The molecule has 3 nitrogen and oxygen atoms in total. The van der Waals surface area contributed by atoms with E-state index in [0.29, 0.717) is 11.3 Å². The highest BCUT2D eigenvalue weighted by atomic mass is 19.4. The van der Waals surface area contributed by atoms with Gasteiger partial charge in [-0.1, -0.05) is 12.1 Å². The standard InChI is InChI=1S/C11H13F3O3/c1-8(15)9-3-2-4-10(5-9)17-7-16-6-11(12,13)14/h2-5,8,15H,6-7H2,1H3/t8-/m1/s1. The van der Waals surface area contributed by atoms with Crippen LogP contribution in [0, 0.1) is 0 Å². The van der Waals surface area contributed by atoms with Gasteiger partial charge in [0.1, 0.15) is 12.4 Å². The Morgan fingerprint density at radius 3 is 2.65 bits per heavy atom. The maximum Gasteiger partial charge on any atom is 0.411 e. The van der Waals surface area contributed by atoms with Gasteiger partial charge in [0, 0.05) is 0 Å². The summed E-state index contributed by atoms with van der Waals surface area (Å²) in [5.41, 5.74) is 0.623. The summed E-state index contributed by atoms with van der Waals surface area (Å²) in [6.45, 7) is -0.245. The maximum absolute atomic E-state index is 11.7. The lowest BCUT2D eigenvalue weighted by Gasteiger charge is -2.11. The highest BCUT2D eigenvalue weighted by Gasteiger charge is 2.27. The van der Waals surface area contributed by atoms with Crippen LogP contribution in [0.25, 0.3) is 0 Å². The first kappa shape index (κ1) is 13.8. The summed E-state index contributed by atoms with van der Waals surface area (Å²) in [7, 11) is 0. The third-order valence-electron chi connectivity index (χ3n) is 1.92. The lowest BCUT2D eigenvalue weighted by atomic mass is 10.1. The van der Waals surface area contributed by atoms with Crippen molar-refractivity contribution in [2.75, 3.05) is 13.4 Å². The summed E-state index contributed by atoms with van der Waals surface area (Å²) in [6, 6.07) is 6.44. The predicted molar refractivity (Wildman–Crippen MR) is 54.6 cm³/mol. The molecule has 0 amide bonds.